The van der Waals surface area contributed by atoms with E-state index in [1.54, 1.807) is 19.2 Å². The molecule has 2 heterocycles. The smallest absolute Gasteiger partial charge is 0.234 e. The fourth-order valence-corrected chi connectivity index (χ4v) is 3.62. The van der Waals surface area contributed by atoms with Crippen LogP contribution in [0, 0.1) is 11.7 Å². The fraction of sp³-hybridized carbons (Fsp3) is 0.476. The van der Waals surface area contributed by atoms with E-state index in [2.05, 4.69) is 32.4 Å². The van der Waals surface area contributed by atoms with Crippen molar-refractivity contribution < 1.29 is 9.13 Å². The Kier molecular flexibility index (Phi) is 7.57. The maximum Gasteiger partial charge on any atom is 0.234 e. The Balaban J connectivity index is 1.52. The molecule has 0 aliphatic carbocycles. The molecule has 29 heavy (non-hydrogen) atoms. The number of aryl methyl sites for hydroxylation is 1. The topological polar surface area (TPSA) is 62.3 Å². The number of thiocarbonyl (C=S) groups is 1. The van der Waals surface area contributed by atoms with E-state index in [4.69, 9.17) is 17.0 Å². The molecule has 0 saturated carbocycles. The Hall–Kier alpha value is -2.48. The van der Waals surface area contributed by atoms with Gasteiger partial charge in [-0.15, -0.1) is 0 Å². The average molecular weight is 418 g/mol. The number of aromatic nitrogens is 2. The number of nitrogens with zero attached hydrogens (tertiary/aromatic N) is 3. The van der Waals surface area contributed by atoms with E-state index < -0.39 is 0 Å². The Morgan fingerprint density at radius 1 is 1.31 bits per heavy atom. The number of piperidine rings is 1. The van der Waals surface area contributed by atoms with Crippen LogP contribution in [0.2, 0.25) is 0 Å². The van der Waals surface area contributed by atoms with Crippen LogP contribution in [-0.4, -0.2) is 41.8 Å². The van der Waals surface area contributed by atoms with Crippen molar-refractivity contribution in [3.8, 4) is 5.88 Å². The van der Waals surface area contributed by atoms with Gasteiger partial charge in [-0.05, 0) is 61.5 Å². The highest BCUT2D eigenvalue weighted by atomic mass is 32.1. The summed E-state index contributed by atoms with van der Waals surface area (Å²) >= 11 is 5.37. The lowest BCUT2D eigenvalue weighted by Gasteiger charge is -2.32. The maximum absolute atomic E-state index is 12.9. The summed E-state index contributed by atoms with van der Waals surface area (Å²) < 4.78 is 18.3. The summed E-state index contributed by atoms with van der Waals surface area (Å²) in [5.41, 5.74) is 1.10. The molecule has 1 aromatic heterocycles. The Labute approximate surface area is 176 Å². The Morgan fingerprint density at radius 3 is 2.83 bits per heavy atom. The van der Waals surface area contributed by atoms with Crippen LogP contribution in [0.15, 0.2) is 30.3 Å². The first-order chi connectivity index (χ1) is 14.0. The van der Waals surface area contributed by atoms with Gasteiger partial charge in [0, 0.05) is 25.7 Å². The molecule has 1 aliphatic heterocycles. The van der Waals surface area contributed by atoms with E-state index in [1.165, 1.54) is 18.6 Å². The zero-order chi connectivity index (χ0) is 20.6. The number of methoxy groups -OCH3 is 1. The van der Waals surface area contributed by atoms with Gasteiger partial charge in [0.2, 0.25) is 11.8 Å². The lowest BCUT2D eigenvalue weighted by molar-refractivity contribution is 0.396. The van der Waals surface area contributed by atoms with Crippen LogP contribution in [0.3, 0.4) is 0 Å². The third kappa shape index (κ3) is 6.52. The Morgan fingerprint density at radius 2 is 2.10 bits per heavy atom. The quantitative estimate of drug-likeness (QED) is 0.525. The summed E-state index contributed by atoms with van der Waals surface area (Å²) in [6, 6.07) is 8.44. The largest absolute Gasteiger partial charge is 0.481 e. The molecule has 0 spiro atoms. The third-order valence-electron chi connectivity index (χ3n) is 4.95. The number of halogens is 1. The second kappa shape index (κ2) is 10.3. The molecule has 0 radical (unpaired) electrons. The van der Waals surface area contributed by atoms with Crippen LogP contribution < -0.4 is 20.3 Å². The van der Waals surface area contributed by atoms with E-state index in [9.17, 15) is 4.39 Å². The molecule has 1 aliphatic rings. The summed E-state index contributed by atoms with van der Waals surface area (Å²) in [6.07, 6.45) is 4.13. The number of benzene rings is 1. The lowest BCUT2D eigenvalue weighted by Crippen LogP contribution is -2.35. The van der Waals surface area contributed by atoms with Crippen LogP contribution in [0.5, 0.6) is 5.88 Å². The second-order valence-electron chi connectivity index (χ2n) is 7.40. The van der Waals surface area contributed by atoms with Crippen molar-refractivity contribution in [1.29, 1.82) is 0 Å². The molecule has 2 aromatic rings. The Bertz CT molecular complexity index is 817. The number of hydrogen-bond acceptors (Lipinski definition) is 5. The highest BCUT2D eigenvalue weighted by molar-refractivity contribution is 7.80. The van der Waals surface area contributed by atoms with Gasteiger partial charge in [0.15, 0.2) is 5.11 Å². The monoisotopic (exact) mass is 417 g/mol. The normalized spacial score (nSPS) is 16.4. The molecule has 1 atom stereocenters. The van der Waals surface area contributed by atoms with Crippen LogP contribution >= 0.6 is 12.2 Å². The minimum absolute atomic E-state index is 0.214. The van der Waals surface area contributed by atoms with Crippen LogP contribution in [0.1, 0.15) is 31.7 Å². The molecule has 2 N–H and O–H groups in total. The van der Waals surface area contributed by atoms with Gasteiger partial charge >= 0.3 is 0 Å². The molecular formula is C21H28FN5OS. The molecule has 6 nitrogen and oxygen atoms in total. The van der Waals surface area contributed by atoms with Gasteiger partial charge < -0.3 is 20.3 Å². The van der Waals surface area contributed by atoms with E-state index in [0.29, 0.717) is 29.4 Å². The summed E-state index contributed by atoms with van der Waals surface area (Å²) in [5.74, 6) is 2.22. The highest BCUT2D eigenvalue weighted by Gasteiger charge is 2.19. The second-order valence-corrected chi connectivity index (χ2v) is 7.80. The number of anilines is 2. The molecule has 0 bridgehead atoms. The van der Waals surface area contributed by atoms with Gasteiger partial charge in [0.05, 0.1) is 7.11 Å². The first kappa shape index (κ1) is 21.2. The van der Waals surface area contributed by atoms with Crippen LogP contribution in [-0.2, 0) is 6.42 Å². The number of nitrogens with one attached hydrogen (secondary N) is 2. The number of rotatable bonds is 7. The van der Waals surface area contributed by atoms with Crippen molar-refractivity contribution in [2.75, 3.05) is 37.0 Å². The van der Waals surface area contributed by atoms with E-state index >= 15 is 0 Å². The minimum Gasteiger partial charge on any atom is -0.481 e. The summed E-state index contributed by atoms with van der Waals surface area (Å²) in [4.78, 5) is 11.2. The zero-order valence-electron chi connectivity index (χ0n) is 16.9. The highest BCUT2D eigenvalue weighted by Crippen LogP contribution is 2.25. The maximum atomic E-state index is 12.9. The lowest BCUT2D eigenvalue weighted by atomic mass is 10.0. The first-order valence-electron chi connectivity index (χ1n) is 10.0. The number of ether oxygens (including phenoxy) is 1. The molecule has 1 saturated heterocycles. The predicted octanol–water partition coefficient (Wildman–Crippen LogP) is 3.78. The predicted molar refractivity (Wildman–Crippen MR) is 118 cm³/mol. The van der Waals surface area contributed by atoms with E-state index in [0.717, 1.165) is 43.7 Å². The SMILES string of the molecule is COc1cc(N2CCC[C@@H](C)C2)nc(NC(=S)NCCCc2ccc(F)cc2)n1. The molecule has 1 aromatic carbocycles. The van der Waals surface area contributed by atoms with Crippen molar-refractivity contribution in [1.82, 2.24) is 15.3 Å². The van der Waals surface area contributed by atoms with Gasteiger partial charge in [-0.1, -0.05) is 19.1 Å². The van der Waals surface area contributed by atoms with Crippen LogP contribution in [0.25, 0.3) is 0 Å². The van der Waals surface area contributed by atoms with Gasteiger partial charge in [0.1, 0.15) is 11.6 Å². The molecule has 0 amide bonds. The third-order valence-corrected chi connectivity index (χ3v) is 5.19. The van der Waals surface area contributed by atoms with Crippen LogP contribution in [0.4, 0.5) is 16.2 Å². The first-order valence-corrected chi connectivity index (χ1v) is 10.4. The molecular weight excluding hydrogens is 389 g/mol. The molecule has 3 rings (SSSR count). The van der Waals surface area contributed by atoms with E-state index in [1.807, 2.05) is 6.07 Å². The minimum atomic E-state index is -0.214. The number of hydrogen-bond donors (Lipinski definition) is 2. The van der Waals surface area contributed by atoms with Crippen molar-refractivity contribution in [3.63, 3.8) is 0 Å². The van der Waals surface area contributed by atoms with Gasteiger partial charge in [-0.3, -0.25) is 0 Å². The van der Waals surface area contributed by atoms with Crippen molar-refractivity contribution in [3.05, 3.63) is 41.7 Å². The zero-order valence-corrected chi connectivity index (χ0v) is 17.8. The van der Waals surface area contributed by atoms with Crippen molar-refractivity contribution >= 4 is 29.1 Å². The van der Waals surface area contributed by atoms with Gasteiger partial charge in [0.25, 0.3) is 0 Å². The summed E-state index contributed by atoms with van der Waals surface area (Å²) in [5, 5.41) is 6.69. The molecule has 1 fully saturated rings. The van der Waals surface area contributed by atoms with Gasteiger partial charge in [-0.25, -0.2) is 4.39 Å². The van der Waals surface area contributed by atoms with E-state index in [-0.39, 0.29) is 5.82 Å². The molecule has 8 heteroatoms. The molecule has 0 unspecified atom stereocenters. The van der Waals surface area contributed by atoms with Gasteiger partial charge in [-0.2, -0.15) is 9.97 Å². The molecule has 156 valence electrons. The summed E-state index contributed by atoms with van der Waals surface area (Å²) in [6.45, 7) is 4.92. The van der Waals surface area contributed by atoms with Crippen molar-refractivity contribution in [2.24, 2.45) is 5.92 Å². The standard InChI is InChI=1S/C21H28FN5OS/c1-15-5-4-12-27(14-15)18-13-19(28-2)25-20(24-18)26-21(29)23-11-3-6-16-7-9-17(22)10-8-16/h7-10,13,15H,3-6,11-12,14H2,1-2H3,(H2,23,24,25,26,29)/t15-/m1/s1. The van der Waals surface area contributed by atoms with Crippen molar-refractivity contribution in [2.45, 2.75) is 32.6 Å². The summed E-state index contributed by atoms with van der Waals surface area (Å²) in [7, 11) is 1.60. The fourth-order valence-electron chi connectivity index (χ4n) is 3.42. The average Bonchev–Trinajstić information content (AvgIpc) is 2.72.